The number of Topliss-reactive ketones (excluding diaryl/α,β-unsaturated/α-hetero) is 1. The lowest BCUT2D eigenvalue weighted by atomic mass is 9.99. The molecule has 1 aliphatic rings. The Balaban J connectivity index is 1.63. The Labute approximate surface area is 169 Å². The third-order valence-corrected chi connectivity index (χ3v) is 5.78. The second kappa shape index (κ2) is 6.49. The summed E-state index contributed by atoms with van der Waals surface area (Å²) in [5.41, 5.74) is 2.30. The normalized spacial score (nSPS) is 14.2. The summed E-state index contributed by atoms with van der Waals surface area (Å²) in [4.78, 5) is 13.9. The molecule has 0 spiro atoms. The molecule has 0 bridgehead atoms. The van der Waals surface area contributed by atoms with Crippen LogP contribution in [0.4, 0.5) is 0 Å². The van der Waals surface area contributed by atoms with Gasteiger partial charge in [-0.2, -0.15) is 10.5 Å². The van der Waals surface area contributed by atoms with Crippen molar-refractivity contribution in [1.29, 1.82) is 10.5 Å². The highest BCUT2D eigenvalue weighted by molar-refractivity contribution is 7.22. The fraction of sp³-hybridized carbons (Fsp3) is 0. The number of nitrogens with zero attached hydrogens (tertiary/aromatic N) is 2. The van der Waals surface area contributed by atoms with Crippen LogP contribution in [-0.2, 0) is 0 Å². The molecule has 3 aromatic heterocycles. The van der Waals surface area contributed by atoms with Crippen molar-refractivity contribution < 1.29 is 13.6 Å². The van der Waals surface area contributed by atoms with Crippen molar-refractivity contribution in [2.24, 2.45) is 0 Å². The van der Waals surface area contributed by atoms with E-state index in [0.717, 1.165) is 15.3 Å². The predicted molar refractivity (Wildman–Crippen MR) is 109 cm³/mol. The lowest BCUT2D eigenvalue weighted by Gasteiger charge is -2.00. The Morgan fingerprint density at radius 1 is 1.03 bits per heavy atom. The molecule has 5 rings (SSSR count). The molecule has 1 aliphatic carbocycles. The smallest absolute Gasteiger partial charge is 0.194 e. The van der Waals surface area contributed by atoms with Gasteiger partial charge in [0.15, 0.2) is 5.78 Å². The topological polar surface area (TPSA) is 90.9 Å². The highest BCUT2D eigenvalue weighted by Gasteiger charge is 2.32. The third kappa shape index (κ3) is 2.63. The van der Waals surface area contributed by atoms with Crippen molar-refractivity contribution in [2.45, 2.75) is 0 Å². The molecule has 0 saturated carbocycles. The molecule has 29 heavy (non-hydrogen) atoms. The van der Waals surface area contributed by atoms with Gasteiger partial charge in [0, 0.05) is 28.8 Å². The highest BCUT2D eigenvalue weighted by atomic mass is 32.1. The summed E-state index contributed by atoms with van der Waals surface area (Å²) in [6.07, 6.45) is 3.22. The van der Waals surface area contributed by atoms with Crippen molar-refractivity contribution >= 4 is 39.1 Å². The maximum absolute atomic E-state index is 12.9. The first-order valence-electron chi connectivity index (χ1n) is 8.67. The fourth-order valence-electron chi connectivity index (χ4n) is 3.45. The van der Waals surface area contributed by atoms with E-state index < -0.39 is 0 Å². The number of ketones is 1. The van der Waals surface area contributed by atoms with Crippen molar-refractivity contribution in [1.82, 2.24) is 0 Å². The zero-order valence-electron chi connectivity index (χ0n) is 14.8. The first kappa shape index (κ1) is 17.0. The minimum absolute atomic E-state index is 0.0944. The molecule has 0 N–H and O–H groups in total. The molecular formula is C23H10N2O3S. The van der Waals surface area contributed by atoms with Gasteiger partial charge in [-0.25, -0.2) is 0 Å². The van der Waals surface area contributed by atoms with Gasteiger partial charge in [0.25, 0.3) is 0 Å². The molecule has 0 radical (unpaired) electrons. The van der Waals surface area contributed by atoms with E-state index in [4.69, 9.17) is 8.83 Å². The summed E-state index contributed by atoms with van der Waals surface area (Å²) < 4.78 is 12.2. The molecular weight excluding hydrogens is 384 g/mol. The largest absolute Gasteiger partial charge is 0.464 e. The van der Waals surface area contributed by atoms with Crippen LogP contribution in [0.1, 0.15) is 21.7 Å². The number of benzene rings is 1. The van der Waals surface area contributed by atoms with Crippen LogP contribution >= 0.6 is 11.3 Å². The molecule has 5 nitrogen and oxygen atoms in total. The van der Waals surface area contributed by atoms with Crippen LogP contribution in [0, 0.1) is 22.7 Å². The van der Waals surface area contributed by atoms with Crippen LogP contribution in [0.15, 0.2) is 74.8 Å². The van der Waals surface area contributed by atoms with Gasteiger partial charge in [-0.3, -0.25) is 4.79 Å². The minimum atomic E-state index is -0.227. The molecule has 0 fully saturated rings. The third-order valence-electron chi connectivity index (χ3n) is 4.71. The second-order valence-electron chi connectivity index (χ2n) is 6.37. The van der Waals surface area contributed by atoms with Crippen LogP contribution in [0.3, 0.4) is 0 Å². The van der Waals surface area contributed by atoms with E-state index in [1.807, 2.05) is 36.4 Å². The van der Waals surface area contributed by atoms with Crippen molar-refractivity contribution in [3.8, 4) is 22.8 Å². The predicted octanol–water partition coefficient (Wildman–Crippen LogP) is 5.83. The maximum Gasteiger partial charge on any atom is 0.194 e. The average molecular weight is 394 g/mol. The number of nitriles is 2. The van der Waals surface area contributed by atoms with E-state index in [9.17, 15) is 15.3 Å². The molecule has 1 aromatic carbocycles. The van der Waals surface area contributed by atoms with Gasteiger partial charge in [0.05, 0.1) is 15.8 Å². The van der Waals surface area contributed by atoms with Crippen molar-refractivity contribution in [2.75, 3.05) is 0 Å². The van der Waals surface area contributed by atoms with Crippen LogP contribution in [0.25, 0.3) is 32.6 Å². The molecule has 0 aliphatic heterocycles. The first-order valence-corrected chi connectivity index (χ1v) is 9.49. The molecule has 136 valence electrons. The number of furan rings is 2. The molecule has 0 atom stereocenters. The molecule has 6 heteroatoms. The molecule has 0 unspecified atom stereocenters. The van der Waals surface area contributed by atoms with Gasteiger partial charge in [0.1, 0.15) is 34.8 Å². The summed E-state index contributed by atoms with van der Waals surface area (Å²) in [5.74, 6) is 1.02. The van der Waals surface area contributed by atoms with E-state index in [2.05, 4.69) is 0 Å². The number of hydrogen-bond donors (Lipinski definition) is 0. The molecule has 3 heterocycles. The number of rotatable bonds is 2. The Hall–Kier alpha value is -4.13. The quantitative estimate of drug-likeness (QED) is 0.315. The summed E-state index contributed by atoms with van der Waals surface area (Å²) in [7, 11) is 0. The number of carbonyl (C=O) groups is 1. The Kier molecular flexibility index (Phi) is 3.80. The number of fused-ring (bicyclic) bond motifs is 2. The van der Waals surface area contributed by atoms with Crippen LogP contribution < -0.4 is 0 Å². The van der Waals surface area contributed by atoms with Crippen molar-refractivity contribution in [3.05, 3.63) is 82.8 Å². The zero-order chi connectivity index (χ0) is 20.0. The van der Waals surface area contributed by atoms with Gasteiger partial charge in [-0.05, 0) is 23.8 Å². The zero-order valence-corrected chi connectivity index (χ0v) is 15.6. The molecule has 0 saturated heterocycles. The molecule has 4 aromatic rings. The second-order valence-corrected chi connectivity index (χ2v) is 7.46. The minimum Gasteiger partial charge on any atom is -0.464 e. The Morgan fingerprint density at radius 3 is 2.52 bits per heavy atom. The van der Waals surface area contributed by atoms with Crippen molar-refractivity contribution in [3.63, 3.8) is 0 Å². The highest BCUT2D eigenvalue weighted by Crippen LogP contribution is 2.41. The number of hydrogen-bond acceptors (Lipinski definition) is 6. The SMILES string of the molecule is N#CC(C#N)=C1/C(=C/c2cc3sc(-c4ccco4)cc3o2)C(=O)c2ccccc21. The lowest BCUT2D eigenvalue weighted by Crippen LogP contribution is -1.95. The van der Waals surface area contributed by atoms with E-state index >= 15 is 0 Å². The van der Waals surface area contributed by atoms with E-state index in [-0.39, 0.29) is 16.9 Å². The summed E-state index contributed by atoms with van der Waals surface area (Å²) in [5, 5.41) is 18.8. The van der Waals surface area contributed by atoms with Gasteiger partial charge >= 0.3 is 0 Å². The van der Waals surface area contributed by atoms with E-state index in [1.165, 1.54) is 11.3 Å². The molecule has 0 amide bonds. The van der Waals surface area contributed by atoms with Gasteiger partial charge < -0.3 is 8.83 Å². The number of carbonyl (C=O) groups excluding carboxylic acids is 1. The first-order chi connectivity index (χ1) is 14.2. The maximum atomic E-state index is 12.9. The monoisotopic (exact) mass is 394 g/mol. The van der Waals surface area contributed by atoms with Gasteiger partial charge in [0.2, 0.25) is 0 Å². The summed E-state index contributed by atoms with van der Waals surface area (Å²) >= 11 is 1.52. The number of allylic oxidation sites excluding steroid dienone is 3. The van der Waals surface area contributed by atoms with E-state index in [1.54, 1.807) is 36.6 Å². The average Bonchev–Trinajstić information content (AvgIpc) is 3.49. The standard InChI is InChI=1S/C23H10N2O3S/c24-11-13(12-25)22-15-4-1-2-5-16(15)23(26)17(22)8-14-9-20-19(28-14)10-21(29-20)18-6-3-7-27-18/h1-10H/b17-8-. The van der Waals surface area contributed by atoms with Crippen LogP contribution in [0.5, 0.6) is 0 Å². The summed E-state index contributed by atoms with van der Waals surface area (Å²) in [6, 6.07) is 18.2. The fourth-order valence-corrected chi connectivity index (χ4v) is 4.45. The van der Waals surface area contributed by atoms with Crippen LogP contribution in [0.2, 0.25) is 0 Å². The summed E-state index contributed by atoms with van der Waals surface area (Å²) in [6.45, 7) is 0. The van der Waals surface area contributed by atoms with Gasteiger partial charge in [-0.1, -0.05) is 24.3 Å². The lowest BCUT2D eigenvalue weighted by molar-refractivity contribution is 0.104. The van der Waals surface area contributed by atoms with E-state index in [0.29, 0.717) is 28.0 Å². The van der Waals surface area contributed by atoms with Crippen LogP contribution in [-0.4, -0.2) is 5.78 Å². The Morgan fingerprint density at radius 2 is 1.83 bits per heavy atom. The Bertz CT molecular complexity index is 1390. The van der Waals surface area contributed by atoms with Gasteiger partial charge in [-0.15, -0.1) is 11.3 Å². The number of thiophene rings is 1.